The first-order chi connectivity index (χ1) is 11.3. The van der Waals surface area contributed by atoms with Crippen LogP contribution in [0.4, 0.5) is 4.79 Å². The zero-order valence-electron chi connectivity index (χ0n) is 13.7. The zero-order valence-corrected chi connectivity index (χ0v) is 13.7. The number of nitrogens with zero attached hydrogens (tertiary/aromatic N) is 1. The number of Topliss-reactive ketones (excluding diaryl/α,β-unsaturated/α-hetero) is 1. The van der Waals surface area contributed by atoms with Crippen LogP contribution in [0, 0.1) is 0 Å². The fraction of sp³-hybridized carbons (Fsp3) is 0.438. The molecular weight excluding hydrogens is 316 g/mol. The highest BCUT2D eigenvalue weighted by molar-refractivity contribution is 5.85. The van der Waals surface area contributed by atoms with Crippen molar-refractivity contribution in [3.8, 4) is 0 Å². The number of carbonyl (C=O) groups excluding carboxylic acids is 2. The van der Waals surface area contributed by atoms with Gasteiger partial charge >= 0.3 is 12.1 Å². The number of rotatable bonds is 9. The minimum absolute atomic E-state index is 0.0443. The van der Waals surface area contributed by atoms with E-state index in [1.165, 1.54) is 7.05 Å². The molecule has 0 saturated carbocycles. The van der Waals surface area contributed by atoms with Crippen LogP contribution in [0.25, 0.3) is 0 Å². The number of ketones is 1. The summed E-state index contributed by atoms with van der Waals surface area (Å²) in [5.41, 5.74) is 7.12. The Morgan fingerprint density at radius 1 is 1.21 bits per heavy atom. The lowest BCUT2D eigenvalue weighted by molar-refractivity contribution is -0.143. The van der Waals surface area contributed by atoms with Gasteiger partial charge in [0.15, 0.2) is 5.78 Å². The van der Waals surface area contributed by atoms with E-state index in [1.54, 1.807) is 31.2 Å². The van der Waals surface area contributed by atoms with E-state index in [0.717, 1.165) is 16.0 Å². The Balaban J connectivity index is 2.40. The Labute approximate surface area is 140 Å². The van der Waals surface area contributed by atoms with Crippen LogP contribution >= 0.6 is 0 Å². The largest absolute Gasteiger partial charge is 0.480 e. The molecule has 3 N–H and O–H groups in total. The predicted octanol–water partition coefficient (Wildman–Crippen LogP) is 0.773. The third kappa shape index (κ3) is 7.21. The first kappa shape index (κ1) is 19.6. The molecular formula is C16H22N2O6. The number of nitrogens with two attached hydrogens (primary N) is 1. The second-order valence-corrected chi connectivity index (χ2v) is 5.37. The summed E-state index contributed by atoms with van der Waals surface area (Å²) in [6.45, 7) is 1.04. The van der Waals surface area contributed by atoms with Crippen molar-refractivity contribution in [3.63, 3.8) is 0 Å². The van der Waals surface area contributed by atoms with E-state index in [-0.39, 0.29) is 25.5 Å². The van der Waals surface area contributed by atoms with E-state index in [2.05, 4.69) is 0 Å². The zero-order chi connectivity index (χ0) is 18.1. The van der Waals surface area contributed by atoms with Crippen molar-refractivity contribution in [1.82, 2.24) is 4.90 Å². The molecule has 0 spiro atoms. The third-order valence-corrected chi connectivity index (χ3v) is 3.09. The summed E-state index contributed by atoms with van der Waals surface area (Å²) in [6, 6.07) is 6.59. The summed E-state index contributed by atoms with van der Waals surface area (Å²) >= 11 is 0. The van der Waals surface area contributed by atoms with Crippen LogP contribution in [0.5, 0.6) is 0 Å². The Hall–Kier alpha value is -2.45. The Bertz CT molecular complexity index is 570. The normalized spacial score (nSPS) is 11.6. The molecule has 8 heteroatoms. The molecule has 0 heterocycles. The van der Waals surface area contributed by atoms with Crippen LogP contribution in [-0.2, 0) is 32.1 Å². The van der Waals surface area contributed by atoms with Crippen LogP contribution in [0.15, 0.2) is 24.3 Å². The number of carboxylic acids is 1. The van der Waals surface area contributed by atoms with E-state index in [4.69, 9.17) is 20.3 Å². The van der Waals surface area contributed by atoms with Gasteiger partial charge in [0.25, 0.3) is 0 Å². The number of benzene rings is 1. The Morgan fingerprint density at radius 2 is 1.79 bits per heavy atom. The average Bonchev–Trinajstić information content (AvgIpc) is 2.53. The van der Waals surface area contributed by atoms with Crippen molar-refractivity contribution >= 4 is 17.8 Å². The van der Waals surface area contributed by atoms with Gasteiger partial charge in [-0.15, -0.1) is 0 Å². The topological polar surface area (TPSA) is 119 Å². The predicted molar refractivity (Wildman–Crippen MR) is 85.2 cm³/mol. The maximum absolute atomic E-state index is 11.7. The summed E-state index contributed by atoms with van der Waals surface area (Å²) in [5, 5.41) is 8.44. The number of amides is 1. The molecule has 0 fully saturated rings. The minimum atomic E-state index is -1.11. The number of carbonyl (C=O) groups is 3. The second kappa shape index (κ2) is 9.64. The standard InChI is InChI=1S/C16H22N2O6/c1-11(17)14(19)7-12-3-5-13(6-4-12)8-24-16(22)18(2)10-23-9-15(20)21/h3-6,11H,7-10,17H2,1-2H3,(H,20,21)/t11-/m0/s1. The lowest BCUT2D eigenvalue weighted by Crippen LogP contribution is -2.30. The van der Waals surface area contributed by atoms with Crippen LogP contribution in [0.3, 0.4) is 0 Å². The van der Waals surface area contributed by atoms with E-state index in [9.17, 15) is 14.4 Å². The molecule has 1 amide bonds. The highest BCUT2D eigenvalue weighted by Crippen LogP contribution is 2.08. The first-order valence-electron chi connectivity index (χ1n) is 7.33. The van der Waals surface area contributed by atoms with Gasteiger partial charge in [0.05, 0.1) is 6.04 Å². The summed E-state index contributed by atoms with van der Waals surface area (Å²) in [4.78, 5) is 34.7. The highest BCUT2D eigenvalue weighted by atomic mass is 16.6. The van der Waals surface area contributed by atoms with E-state index >= 15 is 0 Å². The lowest BCUT2D eigenvalue weighted by Gasteiger charge is -2.16. The van der Waals surface area contributed by atoms with Crippen molar-refractivity contribution in [2.45, 2.75) is 26.0 Å². The van der Waals surface area contributed by atoms with E-state index < -0.39 is 24.7 Å². The van der Waals surface area contributed by atoms with Crippen molar-refractivity contribution in [1.29, 1.82) is 0 Å². The van der Waals surface area contributed by atoms with Crippen LogP contribution in [0.1, 0.15) is 18.1 Å². The number of carboxylic acid groups (broad SMARTS) is 1. The molecule has 0 aliphatic rings. The molecule has 0 aromatic heterocycles. The van der Waals surface area contributed by atoms with Crippen molar-refractivity contribution in [2.75, 3.05) is 20.4 Å². The second-order valence-electron chi connectivity index (χ2n) is 5.37. The quantitative estimate of drug-likeness (QED) is 0.638. The van der Waals surface area contributed by atoms with Gasteiger partial charge in [-0.2, -0.15) is 0 Å². The SMILES string of the molecule is C[C@H](N)C(=O)Cc1ccc(COC(=O)N(C)COCC(=O)O)cc1. The maximum atomic E-state index is 11.7. The van der Waals surface area contributed by atoms with Crippen molar-refractivity contribution in [2.24, 2.45) is 5.73 Å². The lowest BCUT2D eigenvalue weighted by atomic mass is 10.0. The molecule has 0 aliphatic carbocycles. The van der Waals surface area contributed by atoms with Gasteiger partial charge in [0.1, 0.15) is 19.9 Å². The maximum Gasteiger partial charge on any atom is 0.411 e. The Morgan fingerprint density at radius 3 is 2.33 bits per heavy atom. The molecule has 1 atom stereocenters. The van der Waals surface area contributed by atoms with Gasteiger partial charge in [-0.1, -0.05) is 24.3 Å². The first-order valence-corrected chi connectivity index (χ1v) is 7.33. The van der Waals surface area contributed by atoms with Gasteiger partial charge in [-0.05, 0) is 18.1 Å². The molecule has 1 rings (SSSR count). The molecule has 0 radical (unpaired) electrons. The molecule has 8 nitrogen and oxygen atoms in total. The minimum Gasteiger partial charge on any atom is -0.480 e. The fourth-order valence-electron chi connectivity index (χ4n) is 1.69. The van der Waals surface area contributed by atoms with Gasteiger partial charge < -0.3 is 20.3 Å². The molecule has 132 valence electrons. The number of hydrogen-bond donors (Lipinski definition) is 2. The molecule has 0 aliphatic heterocycles. The van der Waals surface area contributed by atoms with E-state index in [0.29, 0.717) is 0 Å². The number of aliphatic carboxylic acids is 1. The molecule has 0 saturated heterocycles. The molecule has 1 aromatic rings. The summed E-state index contributed by atoms with van der Waals surface area (Å²) in [7, 11) is 1.44. The highest BCUT2D eigenvalue weighted by Gasteiger charge is 2.11. The monoisotopic (exact) mass is 338 g/mol. The molecule has 24 heavy (non-hydrogen) atoms. The summed E-state index contributed by atoms with van der Waals surface area (Å²) in [5.74, 6) is -1.16. The van der Waals surface area contributed by atoms with Crippen molar-refractivity contribution in [3.05, 3.63) is 35.4 Å². The summed E-state index contributed by atoms with van der Waals surface area (Å²) in [6.07, 6.45) is -0.363. The van der Waals surface area contributed by atoms with Crippen molar-refractivity contribution < 1.29 is 29.0 Å². The molecule has 1 aromatic carbocycles. The van der Waals surface area contributed by atoms with Gasteiger partial charge in [0, 0.05) is 13.5 Å². The molecule has 0 bridgehead atoms. The Kier molecular flexibility index (Phi) is 7.87. The van der Waals surface area contributed by atoms with E-state index in [1.807, 2.05) is 0 Å². The van der Waals surface area contributed by atoms with Gasteiger partial charge in [-0.25, -0.2) is 9.59 Å². The van der Waals surface area contributed by atoms with Gasteiger partial charge in [0.2, 0.25) is 0 Å². The smallest absolute Gasteiger partial charge is 0.411 e. The number of ether oxygens (including phenoxy) is 2. The fourth-order valence-corrected chi connectivity index (χ4v) is 1.69. The third-order valence-electron chi connectivity index (χ3n) is 3.09. The molecule has 0 unspecified atom stereocenters. The van der Waals surface area contributed by atoms with Crippen LogP contribution < -0.4 is 5.73 Å². The number of hydrogen-bond acceptors (Lipinski definition) is 6. The van der Waals surface area contributed by atoms with Crippen LogP contribution in [-0.4, -0.2) is 54.3 Å². The average molecular weight is 338 g/mol. The summed E-state index contributed by atoms with van der Waals surface area (Å²) < 4.78 is 9.86. The van der Waals surface area contributed by atoms with Crippen LogP contribution in [0.2, 0.25) is 0 Å². The van der Waals surface area contributed by atoms with Gasteiger partial charge in [-0.3, -0.25) is 9.69 Å².